The van der Waals surface area contributed by atoms with Gasteiger partial charge in [-0.15, -0.1) is 0 Å². The second-order valence-electron chi connectivity index (χ2n) is 8.05. The second-order valence-corrected chi connectivity index (χ2v) is 8.96. The molecule has 4 atom stereocenters. The summed E-state index contributed by atoms with van der Waals surface area (Å²) in [5.41, 5.74) is -0.617. The Labute approximate surface area is 199 Å². The van der Waals surface area contributed by atoms with Gasteiger partial charge in [-0.3, -0.25) is 29.8 Å². The molecule has 5 rings (SSSR count). The third kappa shape index (κ3) is 3.53. The topological polar surface area (TPSA) is 158 Å². The SMILES string of the molecule is O=C1[C@@H]2[C@H](C(=O)N1N=Cc1cc(Br)cc([N+](=O)[O-])c1Oc1ccc([N+](=O)[O-])cn1)[C@H]1C=C[C@H]2C1. The van der Waals surface area contributed by atoms with Crippen LogP contribution in [0.1, 0.15) is 12.0 Å². The Hall–Kier alpha value is -4.00. The number of carbonyl (C=O) groups excluding carboxylic acids is 2. The Morgan fingerprint density at radius 1 is 1.09 bits per heavy atom. The van der Waals surface area contributed by atoms with Crippen molar-refractivity contribution in [2.24, 2.45) is 28.8 Å². The van der Waals surface area contributed by atoms with E-state index in [2.05, 4.69) is 26.0 Å². The number of rotatable bonds is 6. The molecule has 2 aromatic rings. The maximum atomic E-state index is 12.9. The number of halogens is 1. The van der Waals surface area contributed by atoms with Crippen molar-refractivity contribution in [3.8, 4) is 11.6 Å². The molecule has 2 bridgehead atoms. The Balaban J connectivity index is 1.48. The molecule has 12 nitrogen and oxygen atoms in total. The van der Waals surface area contributed by atoms with Crippen molar-refractivity contribution < 1.29 is 24.2 Å². The lowest BCUT2D eigenvalue weighted by atomic mass is 9.85. The molecule has 0 N–H and O–H groups in total. The van der Waals surface area contributed by atoms with Gasteiger partial charge in [0.25, 0.3) is 17.5 Å². The molecule has 2 heterocycles. The fourth-order valence-corrected chi connectivity index (χ4v) is 5.17. The van der Waals surface area contributed by atoms with Gasteiger partial charge in [0, 0.05) is 28.2 Å². The van der Waals surface area contributed by atoms with E-state index in [0.717, 1.165) is 29.9 Å². The molecule has 3 aliphatic rings. The minimum Gasteiger partial charge on any atom is -0.431 e. The zero-order chi connectivity index (χ0) is 24.1. The standard InChI is InChI=1S/C21H14BrN5O7/c22-13-6-12(8-24-25-20(28)17-10-1-2-11(5-10)18(17)21(25)29)19(15(7-13)27(32)33)34-16-4-3-14(9-23-16)26(30)31/h1-4,6-11,17-18H,5H2/t10-,11-,17-,18+/m0/s1. The average Bonchev–Trinajstić information content (AvgIpc) is 3.48. The van der Waals surface area contributed by atoms with Crippen LogP contribution in [0.5, 0.6) is 11.6 Å². The van der Waals surface area contributed by atoms with Gasteiger partial charge >= 0.3 is 5.69 Å². The fourth-order valence-electron chi connectivity index (χ4n) is 4.71. The molecular formula is C21H14BrN5O7. The van der Waals surface area contributed by atoms with Crippen LogP contribution in [0.25, 0.3) is 0 Å². The molecule has 2 amide bonds. The van der Waals surface area contributed by atoms with Crippen LogP contribution in [0, 0.1) is 43.9 Å². The van der Waals surface area contributed by atoms with Gasteiger partial charge in [0.2, 0.25) is 11.6 Å². The van der Waals surface area contributed by atoms with Crippen molar-refractivity contribution in [2.75, 3.05) is 0 Å². The summed E-state index contributed by atoms with van der Waals surface area (Å²) in [5.74, 6) is -2.00. The van der Waals surface area contributed by atoms with Gasteiger partial charge in [-0.1, -0.05) is 28.1 Å². The van der Waals surface area contributed by atoms with Gasteiger partial charge in [0.05, 0.1) is 27.9 Å². The van der Waals surface area contributed by atoms with Crippen molar-refractivity contribution in [3.63, 3.8) is 0 Å². The van der Waals surface area contributed by atoms with Crippen molar-refractivity contribution in [3.05, 3.63) is 72.9 Å². The summed E-state index contributed by atoms with van der Waals surface area (Å²) in [6, 6.07) is 5.01. The average molecular weight is 528 g/mol. The van der Waals surface area contributed by atoms with Crippen molar-refractivity contribution in [1.82, 2.24) is 9.99 Å². The van der Waals surface area contributed by atoms with Crippen LogP contribution in [-0.4, -0.2) is 37.9 Å². The summed E-state index contributed by atoms with van der Waals surface area (Å²) in [6.45, 7) is 0. The van der Waals surface area contributed by atoms with Gasteiger partial charge in [0.1, 0.15) is 6.20 Å². The van der Waals surface area contributed by atoms with E-state index in [4.69, 9.17) is 4.74 Å². The van der Waals surface area contributed by atoms with E-state index < -0.39 is 39.2 Å². The lowest BCUT2D eigenvalue weighted by molar-refractivity contribution is -0.385. The van der Waals surface area contributed by atoms with Crippen LogP contribution in [0.4, 0.5) is 11.4 Å². The number of hydrazone groups is 1. The first-order valence-corrected chi connectivity index (χ1v) is 10.9. The maximum Gasteiger partial charge on any atom is 0.313 e. The minimum atomic E-state index is -0.678. The Morgan fingerprint density at radius 2 is 1.76 bits per heavy atom. The first-order chi connectivity index (χ1) is 16.2. The number of aromatic nitrogens is 1. The molecule has 0 spiro atoms. The van der Waals surface area contributed by atoms with Crippen molar-refractivity contribution >= 4 is 45.3 Å². The summed E-state index contributed by atoms with van der Waals surface area (Å²) in [4.78, 5) is 50.7. The van der Waals surface area contributed by atoms with Crippen LogP contribution >= 0.6 is 15.9 Å². The molecule has 34 heavy (non-hydrogen) atoms. The van der Waals surface area contributed by atoms with Crippen LogP contribution in [0.3, 0.4) is 0 Å². The molecule has 172 valence electrons. The predicted octanol–water partition coefficient (Wildman–Crippen LogP) is 3.59. The smallest absolute Gasteiger partial charge is 0.313 e. The molecule has 2 fully saturated rings. The largest absolute Gasteiger partial charge is 0.431 e. The summed E-state index contributed by atoms with van der Waals surface area (Å²) >= 11 is 3.20. The number of hydrogen-bond acceptors (Lipinski definition) is 9. The highest BCUT2D eigenvalue weighted by molar-refractivity contribution is 9.10. The van der Waals surface area contributed by atoms with E-state index >= 15 is 0 Å². The number of hydrogen-bond donors (Lipinski definition) is 0. The van der Waals surface area contributed by atoms with E-state index in [0.29, 0.717) is 4.47 Å². The van der Waals surface area contributed by atoms with Crippen molar-refractivity contribution in [1.29, 1.82) is 0 Å². The van der Waals surface area contributed by atoms with Gasteiger partial charge in [-0.25, -0.2) is 4.98 Å². The molecule has 1 saturated heterocycles. The number of nitro benzene ring substituents is 1. The number of imide groups is 1. The zero-order valence-corrected chi connectivity index (χ0v) is 18.7. The minimum absolute atomic E-state index is 0.0192. The number of nitro groups is 2. The normalized spacial score (nSPS) is 24.8. The number of benzene rings is 1. The van der Waals surface area contributed by atoms with Crippen LogP contribution in [0.15, 0.2) is 52.2 Å². The number of amides is 2. The van der Waals surface area contributed by atoms with E-state index in [-0.39, 0.29) is 34.7 Å². The molecule has 0 unspecified atom stereocenters. The zero-order valence-electron chi connectivity index (χ0n) is 17.1. The van der Waals surface area contributed by atoms with E-state index in [1.807, 2.05) is 12.2 Å². The first-order valence-electron chi connectivity index (χ1n) is 10.1. The number of fused-ring (bicyclic) bond motifs is 5. The summed E-state index contributed by atoms with van der Waals surface area (Å²) in [7, 11) is 0. The lowest BCUT2D eigenvalue weighted by Crippen LogP contribution is -2.28. The van der Waals surface area contributed by atoms with E-state index in [1.165, 1.54) is 18.2 Å². The van der Waals surface area contributed by atoms with E-state index in [9.17, 15) is 29.8 Å². The highest BCUT2D eigenvalue weighted by atomic mass is 79.9. The van der Waals surface area contributed by atoms with Gasteiger partial charge in [0.15, 0.2) is 0 Å². The fraction of sp³-hybridized carbons (Fsp3) is 0.238. The third-order valence-electron chi connectivity index (χ3n) is 6.16. The monoisotopic (exact) mass is 527 g/mol. The molecule has 1 aromatic heterocycles. The number of nitrogens with zero attached hydrogens (tertiary/aromatic N) is 5. The van der Waals surface area contributed by atoms with Gasteiger partial charge in [-0.2, -0.15) is 10.1 Å². The second kappa shape index (κ2) is 8.09. The summed E-state index contributed by atoms with van der Waals surface area (Å²) in [5, 5.41) is 27.4. The molecule has 1 aromatic carbocycles. The number of pyridine rings is 1. The molecule has 13 heteroatoms. The van der Waals surface area contributed by atoms with Crippen LogP contribution in [0.2, 0.25) is 0 Å². The number of carbonyl (C=O) groups is 2. The molecule has 2 aliphatic carbocycles. The van der Waals surface area contributed by atoms with Crippen molar-refractivity contribution in [2.45, 2.75) is 6.42 Å². The Kier molecular flexibility index (Phi) is 5.20. The highest BCUT2D eigenvalue weighted by Gasteiger charge is 2.59. The first kappa shape index (κ1) is 21.8. The van der Waals surface area contributed by atoms with Crippen LogP contribution in [-0.2, 0) is 9.59 Å². The quantitative estimate of drug-likeness (QED) is 0.181. The Bertz CT molecular complexity index is 1280. The summed E-state index contributed by atoms with van der Waals surface area (Å²) in [6.07, 6.45) is 6.81. The van der Waals surface area contributed by atoms with Gasteiger partial charge < -0.3 is 4.74 Å². The highest BCUT2D eigenvalue weighted by Crippen LogP contribution is 2.52. The van der Waals surface area contributed by atoms with Gasteiger partial charge in [-0.05, 0) is 24.3 Å². The summed E-state index contributed by atoms with van der Waals surface area (Å²) < 4.78 is 5.93. The molecular weight excluding hydrogens is 514 g/mol. The lowest BCUT2D eigenvalue weighted by Gasteiger charge is -2.13. The molecule has 1 aliphatic heterocycles. The molecule has 1 saturated carbocycles. The third-order valence-corrected chi connectivity index (χ3v) is 6.61. The number of allylic oxidation sites excluding steroid dienone is 2. The predicted molar refractivity (Wildman–Crippen MR) is 119 cm³/mol. The number of ether oxygens (including phenoxy) is 1. The van der Waals surface area contributed by atoms with E-state index in [1.54, 1.807) is 0 Å². The maximum absolute atomic E-state index is 12.9. The van der Waals surface area contributed by atoms with Crippen LogP contribution < -0.4 is 4.74 Å². The molecule has 0 radical (unpaired) electrons. The Morgan fingerprint density at radius 3 is 2.32 bits per heavy atom.